The highest BCUT2D eigenvalue weighted by molar-refractivity contribution is 5.00. The molecule has 0 aliphatic carbocycles. The maximum atomic E-state index is 11.4. The molecule has 4 heteroatoms. The third-order valence-electron chi connectivity index (χ3n) is 2.31. The van der Waals surface area contributed by atoms with Gasteiger partial charge < -0.3 is 0 Å². The molecule has 0 atom stereocenters. The maximum Gasteiger partial charge on any atom is 0.345 e. The lowest BCUT2D eigenvalue weighted by Crippen LogP contribution is -2.25. The first-order valence-corrected chi connectivity index (χ1v) is 4.12. The van der Waals surface area contributed by atoms with Gasteiger partial charge in [-0.05, 0) is 5.41 Å². The Morgan fingerprint density at radius 1 is 1.50 bits per heavy atom. The second-order valence-electron chi connectivity index (χ2n) is 4.25. The molecule has 1 aromatic heterocycles. The van der Waals surface area contributed by atoms with Gasteiger partial charge in [0.05, 0.1) is 0 Å². The van der Waals surface area contributed by atoms with Crippen LogP contribution in [-0.2, 0) is 20.0 Å². The van der Waals surface area contributed by atoms with Gasteiger partial charge in [-0.1, -0.05) is 13.8 Å². The minimum atomic E-state index is 0.00979. The number of rotatable bonds is 0. The Morgan fingerprint density at radius 2 is 2.17 bits per heavy atom. The molecule has 0 fully saturated rings. The highest BCUT2D eigenvalue weighted by atomic mass is 16.2. The van der Waals surface area contributed by atoms with Crippen molar-refractivity contribution in [2.45, 2.75) is 26.8 Å². The van der Waals surface area contributed by atoms with Gasteiger partial charge in [-0.15, -0.1) is 0 Å². The van der Waals surface area contributed by atoms with Crippen molar-refractivity contribution in [2.24, 2.45) is 12.5 Å². The van der Waals surface area contributed by atoms with E-state index < -0.39 is 0 Å². The summed E-state index contributed by atoms with van der Waals surface area (Å²) < 4.78 is 3.17. The Kier molecular flexibility index (Phi) is 1.26. The average molecular weight is 167 g/mol. The summed E-state index contributed by atoms with van der Waals surface area (Å²) >= 11 is 0. The number of nitrogens with zero attached hydrogens (tertiary/aromatic N) is 3. The van der Waals surface area contributed by atoms with Gasteiger partial charge in [0.15, 0.2) is 0 Å². The summed E-state index contributed by atoms with van der Waals surface area (Å²) in [5.74, 6) is 0.924. The van der Waals surface area contributed by atoms with Gasteiger partial charge >= 0.3 is 5.69 Å². The Hall–Kier alpha value is -1.06. The van der Waals surface area contributed by atoms with Crippen LogP contribution in [0, 0.1) is 5.41 Å². The molecule has 1 aliphatic rings. The Morgan fingerprint density at radius 3 is 2.75 bits per heavy atom. The molecule has 1 aliphatic heterocycles. The van der Waals surface area contributed by atoms with E-state index in [-0.39, 0.29) is 11.1 Å². The molecule has 0 bridgehead atoms. The number of aryl methyl sites for hydroxylation is 1. The van der Waals surface area contributed by atoms with Gasteiger partial charge in [-0.3, -0.25) is 4.57 Å². The zero-order chi connectivity index (χ0) is 8.93. The van der Waals surface area contributed by atoms with Gasteiger partial charge in [0.25, 0.3) is 0 Å². The van der Waals surface area contributed by atoms with E-state index >= 15 is 0 Å². The number of fused-ring (bicyclic) bond motifs is 1. The van der Waals surface area contributed by atoms with Crippen LogP contribution in [0.5, 0.6) is 0 Å². The first-order chi connectivity index (χ1) is 5.49. The molecule has 12 heavy (non-hydrogen) atoms. The Balaban J connectivity index is 2.53. The quantitative estimate of drug-likeness (QED) is 0.552. The predicted octanol–water partition coefficient (Wildman–Crippen LogP) is 0.164. The van der Waals surface area contributed by atoms with Crippen molar-refractivity contribution < 1.29 is 0 Å². The SMILES string of the molecule is Cn1nc2n(c1=O)CC(C)(C)C2. The third kappa shape index (κ3) is 0.906. The van der Waals surface area contributed by atoms with Crippen LogP contribution in [0.25, 0.3) is 0 Å². The zero-order valence-electron chi connectivity index (χ0n) is 7.66. The fraction of sp³-hybridized carbons (Fsp3) is 0.750. The smallest absolute Gasteiger partial charge is 0.278 e. The third-order valence-corrected chi connectivity index (χ3v) is 2.31. The van der Waals surface area contributed by atoms with Crippen molar-refractivity contribution in [3.8, 4) is 0 Å². The molecule has 0 unspecified atom stereocenters. The van der Waals surface area contributed by atoms with Crippen molar-refractivity contribution in [3.05, 3.63) is 16.3 Å². The minimum absolute atomic E-state index is 0.00979. The predicted molar refractivity (Wildman–Crippen MR) is 45.0 cm³/mol. The molecule has 2 heterocycles. The van der Waals surface area contributed by atoms with E-state index in [4.69, 9.17) is 0 Å². The van der Waals surface area contributed by atoms with Gasteiger partial charge in [-0.25, -0.2) is 9.48 Å². The molecule has 0 saturated carbocycles. The Bertz CT molecular complexity index is 372. The second kappa shape index (κ2) is 2.00. The van der Waals surface area contributed by atoms with Gasteiger partial charge in [0, 0.05) is 20.0 Å². The fourth-order valence-corrected chi connectivity index (χ4v) is 1.76. The topological polar surface area (TPSA) is 39.8 Å². The average Bonchev–Trinajstić information content (AvgIpc) is 2.33. The standard InChI is InChI=1S/C8H13N3O/c1-8(2)4-6-9-10(3)7(12)11(6)5-8/h4-5H2,1-3H3. The highest BCUT2D eigenvalue weighted by Gasteiger charge is 2.31. The summed E-state index contributed by atoms with van der Waals surface area (Å²) in [5, 5.41) is 4.15. The molecular weight excluding hydrogens is 154 g/mol. The molecule has 0 radical (unpaired) electrons. The van der Waals surface area contributed by atoms with Crippen LogP contribution >= 0.6 is 0 Å². The van der Waals surface area contributed by atoms with E-state index in [0.717, 1.165) is 18.8 Å². The summed E-state index contributed by atoms with van der Waals surface area (Å²) in [7, 11) is 1.70. The van der Waals surface area contributed by atoms with E-state index in [2.05, 4.69) is 18.9 Å². The first kappa shape index (κ1) is 7.58. The molecule has 1 aromatic rings. The van der Waals surface area contributed by atoms with E-state index in [1.54, 1.807) is 11.6 Å². The minimum Gasteiger partial charge on any atom is -0.278 e. The van der Waals surface area contributed by atoms with Crippen LogP contribution < -0.4 is 5.69 Å². The van der Waals surface area contributed by atoms with Crippen molar-refractivity contribution >= 4 is 0 Å². The van der Waals surface area contributed by atoms with Gasteiger partial charge in [0.1, 0.15) is 5.82 Å². The molecule has 0 amide bonds. The number of hydrogen-bond donors (Lipinski definition) is 0. The highest BCUT2D eigenvalue weighted by Crippen LogP contribution is 2.28. The molecule has 0 saturated heterocycles. The summed E-state index contributed by atoms with van der Waals surface area (Å²) in [6.45, 7) is 5.11. The number of hydrogen-bond acceptors (Lipinski definition) is 2. The molecule has 66 valence electrons. The van der Waals surface area contributed by atoms with Crippen molar-refractivity contribution in [1.82, 2.24) is 14.3 Å². The van der Waals surface area contributed by atoms with E-state index in [9.17, 15) is 4.79 Å². The lowest BCUT2D eigenvalue weighted by atomic mass is 9.92. The van der Waals surface area contributed by atoms with Crippen molar-refractivity contribution in [2.75, 3.05) is 0 Å². The number of aromatic nitrogens is 3. The van der Waals surface area contributed by atoms with Crippen LogP contribution in [-0.4, -0.2) is 14.3 Å². The molecule has 2 rings (SSSR count). The van der Waals surface area contributed by atoms with Crippen molar-refractivity contribution in [1.29, 1.82) is 0 Å². The monoisotopic (exact) mass is 167 g/mol. The van der Waals surface area contributed by atoms with Crippen LogP contribution in [0.2, 0.25) is 0 Å². The maximum absolute atomic E-state index is 11.4. The van der Waals surface area contributed by atoms with Gasteiger partial charge in [-0.2, -0.15) is 5.10 Å². The molecule has 0 aromatic carbocycles. The first-order valence-electron chi connectivity index (χ1n) is 4.12. The fourth-order valence-electron chi connectivity index (χ4n) is 1.76. The molecule has 0 N–H and O–H groups in total. The van der Waals surface area contributed by atoms with Crippen LogP contribution in [0.3, 0.4) is 0 Å². The van der Waals surface area contributed by atoms with Crippen LogP contribution in [0.4, 0.5) is 0 Å². The normalized spacial score (nSPS) is 19.6. The zero-order valence-corrected chi connectivity index (χ0v) is 7.66. The second-order valence-corrected chi connectivity index (χ2v) is 4.25. The molecule has 0 spiro atoms. The van der Waals surface area contributed by atoms with Crippen molar-refractivity contribution in [3.63, 3.8) is 0 Å². The molecule has 4 nitrogen and oxygen atoms in total. The lowest BCUT2D eigenvalue weighted by molar-refractivity contribution is 0.349. The van der Waals surface area contributed by atoms with Gasteiger partial charge in [0.2, 0.25) is 0 Å². The lowest BCUT2D eigenvalue weighted by Gasteiger charge is -2.14. The summed E-state index contributed by atoms with van der Waals surface area (Å²) in [4.78, 5) is 11.4. The van der Waals surface area contributed by atoms with Crippen LogP contribution in [0.15, 0.2) is 4.79 Å². The van der Waals surface area contributed by atoms with E-state index in [1.807, 2.05) is 0 Å². The summed E-state index contributed by atoms with van der Waals surface area (Å²) in [6, 6.07) is 0. The largest absolute Gasteiger partial charge is 0.345 e. The van der Waals surface area contributed by atoms with Crippen LogP contribution in [0.1, 0.15) is 19.7 Å². The van der Waals surface area contributed by atoms with E-state index in [1.165, 1.54) is 4.68 Å². The van der Waals surface area contributed by atoms with E-state index in [0.29, 0.717) is 0 Å². The Labute approximate surface area is 70.8 Å². The molecular formula is C8H13N3O. The summed E-state index contributed by atoms with van der Waals surface area (Å²) in [5.41, 5.74) is 0.214. The summed E-state index contributed by atoms with van der Waals surface area (Å²) in [6.07, 6.45) is 0.906.